The molecule has 0 saturated heterocycles. The van der Waals surface area contributed by atoms with E-state index in [4.69, 9.17) is 5.73 Å². The Morgan fingerprint density at radius 1 is 1.10 bits per heavy atom. The Bertz CT molecular complexity index is 640. The maximum absolute atomic E-state index is 10.6. The Morgan fingerprint density at radius 2 is 1.76 bits per heavy atom. The summed E-state index contributed by atoms with van der Waals surface area (Å²) in [5.41, 5.74) is 9.14. The predicted octanol–water partition coefficient (Wildman–Crippen LogP) is 3.20. The van der Waals surface area contributed by atoms with Crippen molar-refractivity contribution in [2.75, 3.05) is 0 Å². The molecule has 0 unspecified atom stereocenters. The molecule has 0 spiro atoms. The van der Waals surface area contributed by atoms with Crippen molar-refractivity contribution < 1.29 is 5.11 Å². The van der Waals surface area contributed by atoms with E-state index in [1.807, 2.05) is 30.3 Å². The molecule has 1 heterocycles. The van der Waals surface area contributed by atoms with Crippen LogP contribution >= 0.6 is 11.8 Å². The number of rotatable bonds is 3. The van der Waals surface area contributed by atoms with E-state index in [-0.39, 0.29) is 11.3 Å². The van der Waals surface area contributed by atoms with Crippen molar-refractivity contribution >= 4 is 16.9 Å². The highest BCUT2D eigenvalue weighted by atomic mass is 32.2. The second-order valence-electron chi connectivity index (χ2n) is 5.26. The largest absolute Gasteiger partial charge is 0.386 e. The van der Waals surface area contributed by atoms with Gasteiger partial charge in [0.25, 0.3) is 0 Å². The summed E-state index contributed by atoms with van der Waals surface area (Å²) in [5, 5.41) is 11.2. The Balaban J connectivity index is 1.90. The maximum atomic E-state index is 10.6. The van der Waals surface area contributed by atoms with Crippen LogP contribution in [-0.2, 0) is 0 Å². The minimum Gasteiger partial charge on any atom is -0.386 e. The van der Waals surface area contributed by atoms with Gasteiger partial charge in [-0.05, 0) is 18.1 Å². The number of amidine groups is 1. The lowest BCUT2D eigenvalue weighted by Gasteiger charge is -2.23. The van der Waals surface area contributed by atoms with Gasteiger partial charge in [-0.3, -0.25) is 4.99 Å². The maximum Gasteiger partial charge on any atom is 0.155 e. The Hall–Kier alpha value is -1.78. The highest BCUT2D eigenvalue weighted by Crippen LogP contribution is 2.43. The zero-order valence-corrected chi connectivity index (χ0v) is 12.6. The minimum absolute atomic E-state index is 0.0563. The van der Waals surface area contributed by atoms with Crippen LogP contribution in [0.2, 0.25) is 0 Å². The standard InChI is InChI=1S/C17H18N2OS/c1-11-7-9-13(10-8-11)16-14(19-17(18)21-16)15(20)12-5-3-2-4-6-12/h2-10,14-16,20H,1H3,(H2,18,19)/t14-,15+,16-/m0/s1. The molecule has 0 amide bonds. The van der Waals surface area contributed by atoms with E-state index in [0.717, 1.165) is 11.1 Å². The molecule has 3 rings (SSSR count). The lowest BCUT2D eigenvalue weighted by atomic mass is 9.96. The first-order valence-electron chi connectivity index (χ1n) is 6.94. The quantitative estimate of drug-likeness (QED) is 0.915. The number of nitrogens with two attached hydrogens (primary N) is 1. The minimum atomic E-state index is -0.647. The van der Waals surface area contributed by atoms with E-state index in [2.05, 4.69) is 36.2 Å². The molecule has 1 aliphatic rings. The summed E-state index contributed by atoms with van der Waals surface area (Å²) < 4.78 is 0. The fraction of sp³-hybridized carbons (Fsp3) is 0.235. The topological polar surface area (TPSA) is 58.6 Å². The molecule has 0 radical (unpaired) electrons. The molecular weight excluding hydrogens is 280 g/mol. The number of aliphatic hydroxyl groups is 1. The van der Waals surface area contributed by atoms with Crippen molar-refractivity contribution in [3.05, 3.63) is 71.3 Å². The van der Waals surface area contributed by atoms with Crippen LogP contribution in [0.4, 0.5) is 0 Å². The van der Waals surface area contributed by atoms with E-state index in [1.54, 1.807) is 0 Å². The monoisotopic (exact) mass is 298 g/mol. The molecule has 4 heteroatoms. The summed E-state index contributed by atoms with van der Waals surface area (Å²) in [6.45, 7) is 2.06. The third-order valence-corrected chi connectivity index (χ3v) is 4.86. The van der Waals surface area contributed by atoms with Gasteiger partial charge in [-0.15, -0.1) is 0 Å². The zero-order chi connectivity index (χ0) is 14.8. The van der Waals surface area contributed by atoms with Gasteiger partial charge in [0, 0.05) is 0 Å². The second kappa shape index (κ2) is 5.92. The first-order valence-corrected chi connectivity index (χ1v) is 7.82. The predicted molar refractivity (Wildman–Crippen MR) is 88.3 cm³/mol. The normalized spacial score (nSPS) is 22.9. The summed E-state index contributed by atoms with van der Waals surface area (Å²) in [7, 11) is 0. The zero-order valence-electron chi connectivity index (χ0n) is 11.8. The van der Waals surface area contributed by atoms with Gasteiger partial charge in [0.15, 0.2) is 5.17 Å². The van der Waals surface area contributed by atoms with Crippen LogP contribution in [0.5, 0.6) is 0 Å². The molecule has 2 aromatic rings. The fourth-order valence-electron chi connectivity index (χ4n) is 2.55. The molecule has 2 aromatic carbocycles. The molecule has 108 valence electrons. The van der Waals surface area contributed by atoms with Crippen molar-refractivity contribution in [1.82, 2.24) is 0 Å². The molecular formula is C17H18N2OS. The average Bonchev–Trinajstić information content (AvgIpc) is 2.90. The summed E-state index contributed by atoms with van der Waals surface area (Å²) in [4.78, 5) is 4.45. The highest BCUT2D eigenvalue weighted by molar-refractivity contribution is 8.14. The molecule has 0 fully saturated rings. The van der Waals surface area contributed by atoms with Gasteiger partial charge < -0.3 is 10.8 Å². The van der Waals surface area contributed by atoms with Gasteiger partial charge in [0.1, 0.15) is 6.10 Å². The molecule has 21 heavy (non-hydrogen) atoms. The number of aryl methyl sites for hydroxylation is 1. The van der Waals surface area contributed by atoms with E-state index in [9.17, 15) is 5.11 Å². The molecule has 3 atom stereocenters. The summed E-state index contributed by atoms with van der Waals surface area (Å²) in [6.07, 6.45) is -0.647. The third kappa shape index (κ3) is 2.96. The summed E-state index contributed by atoms with van der Waals surface area (Å²) >= 11 is 1.52. The van der Waals surface area contributed by atoms with Gasteiger partial charge in [-0.1, -0.05) is 71.9 Å². The van der Waals surface area contributed by atoms with Gasteiger partial charge in [-0.25, -0.2) is 0 Å². The van der Waals surface area contributed by atoms with E-state index < -0.39 is 6.10 Å². The van der Waals surface area contributed by atoms with Crippen LogP contribution in [0.3, 0.4) is 0 Å². The molecule has 0 saturated carbocycles. The number of hydrogen-bond acceptors (Lipinski definition) is 4. The number of aliphatic imine (C=N–C) groups is 1. The van der Waals surface area contributed by atoms with Crippen LogP contribution in [0.25, 0.3) is 0 Å². The van der Waals surface area contributed by atoms with Gasteiger partial charge >= 0.3 is 0 Å². The molecule has 3 nitrogen and oxygen atoms in total. The van der Waals surface area contributed by atoms with Crippen LogP contribution in [0.1, 0.15) is 28.0 Å². The molecule has 0 bridgehead atoms. The van der Waals surface area contributed by atoms with Crippen LogP contribution in [0.15, 0.2) is 59.6 Å². The third-order valence-electron chi connectivity index (χ3n) is 3.70. The highest BCUT2D eigenvalue weighted by Gasteiger charge is 2.36. The second-order valence-corrected chi connectivity index (χ2v) is 6.42. The lowest BCUT2D eigenvalue weighted by molar-refractivity contribution is 0.147. The van der Waals surface area contributed by atoms with Crippen LogP contribution in [-0.4, -0.2) is 16.3 Å². The fourth-order valence-corrected chi connectivity index (χ4v) is 3.63. The number of nitrogens with zero attached hydrogens (tertiary/aromatic N) is 1. The number of thioether (sulfide) groups is 1. The van der Waals surface area contributed by atoms with Crippen molar-refractivity contribution in [2.45, 2.75) is 24.3 Å². The summed E-state index contributed by atoms with van der Waals surface area (Å²) in [6, 6.07) is 17.7. The van der Waals surface area contributed by atoms with Crippen molar-refractivity contribution in [2.24, 2.45) is 10.7 Å². The Kier molecular flexibility index (Phi) is 3.99. The smallest absolute Gasteiger partial charge is 0.155 e. The summed E-state index contributed by atoms with van der Waals surface area (Å²) in [5.74, 6) is 0. The lowest BCUT2D eigenvalue weighted by Crippen LogP contribution is -2.20. The number of benzene rings is 2. The number of aliphatic hydroxyl groups excluding tert-OH is 1. The van der Waals surface area contributed by atoms with Gasteiger partial charge in [0.05, 0.1) is 11.3 Å². The van der Waals surface area contributed by atoms with Gasteiger partial charge in [0.2, 0.25) is 0 Å². The number of hydrogen-bond donors (Lipinski definition) is 2. The Labute approximate surface area is 128 Å². The van der Waals surface area contributed by atoms with Crippen LogP contribution < -0.4 is 5.73 Å². The molecule has 0 aliphatic carbocycles. The first kappa shape index (κ1) is 14.2. The molecule has 0 aromatic heterocycles. The van der Waals surface area contributed by atoms with Gasteiger partial charge in [-0.2, -0.15) is 0 Å². The molecule has 1 aliphatic heterocycles. The van der Waals surface area contributed by atoms with Crippen molar-refractivity contribution in [1.29, 1.82) is 0 Å². The Morgan fingerprint density at radius 3 is 2.43 bits per heavy atom. The first-order chi connectivity index (χ1) is 10.1. The SMILES string of the molecule is Cc1ccc([C@@H]2SC(N)=N[C@H]2[C@H](O)c2ccccc2)cc1. The van der Waals surface area contributed by atoms with E-state index >= 15 is 0 Å². The molecule has 3 N–H and O–H groups in total. The van der Waals surface area contributed by atoms with E-state index in [1.165, 1.54) is 17.3 Å². The van der Waals surface area contributed by atoms with Crippen molar-refractivity contribution in [3.8, 4) is 0 Å². The average molecular weight is 298 g/mol. The van der Waals surface area contributed by atoms with Crippen molar-refractivity contribution in [3.63, 3.8) is 0 Å². The van der Waals surface area contributed by atoms with Crippen LogP contribution in [0, 0.1) is 6.92 Å². The van der Waals surface area contributed by atoms with E-state index in [0.29, 0.717) is 5.17 Å².